The maximum absolute atomic E-state index is 12.5. The lowest BCUT2D eigenvalue weighted by atomic mass is 10.2. The second kappa shape index (κ2) is 8.72. The Bertz CT molecular complexity index is 798. The number of nitrogens with zero attached hydrogens (tertiary/aromatic N) is 1. The van der Waals surface area contributed by atoms with Crippen LogP contribution in [0.5, 0.6) is 0 Å². The average Bonchev–Trinajstić information content (AvgIpc) is 2.85. The van der Waals surface area contributed by atoms with Gasteiger partial charge >= 0.3 is 5.97 Å². The molecule has 134 valence electrons. The molecule has 2 rings (SSSR count). The fourth-order valence-electron chi connectivity index (χ4n) is 2.72. The Morgan fingerprint density at radius 2 is 1.88 bits per heavy atom. The van der Waals surface area contributed by atoms with E-state index in [2.05, 4.69) is 26.6 Å². The standard InChI is InChI=1S/C19H22BrNO3S/c1-5-24-19(23)11-25-10-18(22)16-9-13(3)21(14(16)4)15-6-7-17(20)12(2)8-15/h6-9H,5,10-11H2,1-4H3. The van der Waals surface area contributed by atoms with Gasteiger partial charge in [0.05, 0.1) is 18.1 Å². The van der Waals surface area contributed by atoms with E-state index in [9.17, 15) is 9.59 Å². The quantitative estimate of drug-likeness (QED) is 0.480. The van der Waals surface area contributed by atoms with Crippen molar-refractivity contribution in [2.75, 3.05) is 18.1 Å². The number of rotatable bonds is 7. The molecule has 0 spiro atoms. The molecule has 0 N–H and O–H groups in total. The smallest absolute Gasteiger partial charge is 0.315 e. The summed E-state index contributed by atoms with van der Waals surface area (Å²) in [6, 6.07) is 8.05. The molecular weight excluding hydrogens is 402 g/mol. The minimum absolute atomic E-state index is 0.0301. The number of ketones is 1. The van der Waals surface area contributed by atoms with Gasteiger partial charge in [0.15, 0.2) is 5.78 Å². The van der Waals surface area contributed by atoms with Crippen LogP contribution in [-0.2, 0) is 9.53 Å². The predicted octanol–water partition coefficient (Wildman–Crippen LogP) is 4.64. The third-order valence-corrected chi connectivity index (χ3v) is 5.69. The number of thioether (sulfide) groups is 1. The maximum Gasteiger partial charge on any atom is 0.315 e. The summed E-state index contributed by atoms with van der Waals surface area (Å²) in [7, 11) is 0. The number of carbonyl (C=O) groups is 2. The van der Waals surface area contributed by atoms with Gasteiger partial charge in [0.25, 0.3) is 0 Å². The lowest BCUT2D eigenvalue weighted by Gasteiger charge is -2.11. The highest BCUT2D eigenvalue weighted by molar-refractivity contribution is 9.10. The molecule has 6 heteroatoms. The number of aryl methyl sites for hydroxylation is 2. The van der Waals surface area contributed by atoms with E-state index in [0.29, 0.717) is 12.2 Å². The molecule has 0 aliphatic carbocycles. The lowest BCUT2D eigenvalue weighted by Crippen LogP contribution is -2.10. The molecule has 0 aliphatic rings. The fourth-order valence-corrected chi connectivity index (χ4v) is 3.66. The number of Topliss-reactive ketones (excluding diaryl/α,β-unsaturated/α-hetero) is 1. The van der Waals surface area contributed by atoms with Crippen molar-refractivity contribution in [3.63, 3.8) is 0 Å². The molecule has 2 aromatic rings. The van der Waals surface area contributed by atoms with Crippen molar-refractivity contribution in [1.29, 1.82) is 0 Å². The van der Waals surface area contributed by atoms with Gasteiger partial charge in [-0.3, -0.25) is 9.59 Å². The van der Waals surface area contributed by atoms with E-state index in [1.54, 1.807) is 6.92 Å². The predicted molar refractivity (Wildman–Crippen MR) is 106 cm³/mol. The first-order chi connectivity index (χ1) is 11.8. The van der Waals surface area contributed by atoms with Crippen LogP contribution in [0.3, 0.4) is 0 Å². The van der Waals surface area contributed by atoms with Gasteiger partial charge in [-0.15, -0.1) is 11.8 Å². The van der Waals surface area contributed by atoms with Crippen molar-refractivity contribution in [2.24, 2.45) is 0 Å². The van der Waals surface area contributed by atoms with Gasteiger partial charge in [-0.25, -0.2) is 0 Å². The Morgan fingerprint density at radius 1 is 1.16 bits per heavy atom. The number of carbonyl (C=O) groups excluding carboxylic acids is 2. The minimum atomic E-state index is -0.281. The monoisotopic (exact) mass is 423 g/mol. The second-order valence-corrected chi connectivity index (χ2v) is 7.61. The molecule has 0 saturated heterocycles. The Balaban J connectivity index is 2.17. The third-order valence-electron chi connectivity index (χ3n) is 3.89. The van der Waals surface area contributed by atoms with Crippen LogP contribution in [0.4, 0.5) is 0 Å². The summed E-state index contributed by atoms with van der Waals surface area (Å²) in [6.07, 6.45) is 0. The maximum atomic E-state index is 12.5. The highest BCUT2D eigenvalue weighted by Crippen LogP contribution is 2.25. The summed E-state index contributed by atoms with van der Waals surface area (Å²) in [5, 5.41) is 0. The summed E-state index contributed by atoms with van der Waals surface area (Å²) < 4.78 is 8.02. The summed E-state index contributed by atoms with van der Waals surface area (Å²) >= 11 is 4.80. The third kappa shape index (κ3) is 4.76. The average molecular weight is 424 g/mol. The number of halogens is 1. The highest BCUT2D eigenvalue weighted by atomic mass is 79.9. The van der Waals surface area contributed by atoms with Crippen LogP contribution in [0.2, 0.25) is 0 Å². The molecule has 1 aromatic carbocycles. The number of ether oxygens (including phenoxy) is 1. The van der Waals surface area contributed by atoms with Crippen molar-refractivity contribution in [2.45, 2.75) is 27.7 Å². The van der Waals surface area contributed by atoms with Gasteiger partial charge < -0.3 is 9.30 Å². The van der Waals surface area contributed by atoms with Gasteiger partial charge in [-0.1, -0.05) is 15.9 Å². The van der Waals surface area contributed by atoms with E-state index < -0.39 is 0 Å². The van der Waals surface area contributed by atoms with E-state index in [4.69, 9.17) is 4.74 Å². The molecule has 0 bridgehead atoms. The summed E-state index contributed by atoms with van der Waals surface area (Å²) in [5.74, 6) is 0.214. The minimum Gasteiger partial charge on any atom is -0.465 e. The summed E-state index contributed by atoms with van der Waals surface area (Å²) in [5.41, 5.74) is 4.81. The number of esters is 1. The van der Waals surface area contributed by atoms with Crippen LogP contribution in [0.25, 0.3) is 5.69 Å². The zero-order valence-corrected chi connectivity index (χ0v) is 17.3. The van der Waals surface area contributed by atoms with Crippen LogP contribution in [0, 0.1) is 20.8 Å². The Hall–Kier alpha value is -1.53. The zero-order chi connectivity index (χ0) is 18.6. The molecule has 0 saturated carbocycles. The number of hydrogen-bond donors (Lipinski definition) is 0. The molecule has 0 fully saturated rings. The number of benzene rings is 1. The fraction of sp³-hybridized carbons (Fsp3) is 0.368. The first-order valence-electron chi connectivity index (χ1n) is 8.07. The number of hydrogen-bond acceptors (Lipinski definition) is 4. The first kappa shape index (κ1) is 19.8. The van der Waals surface area contributed by atoms with Gasteiger partial charge in [0.2, 0.25) is 0 Å². The van der Waals surface area contributed by atoms with Gasteiger partial charge in [0, 0.05) is 27.1 Å². The molecule has 1 aromatic heterocycles. The van der Waals surface area contributed by atoms with Gasteiger partial charge in [-0.2, -0.15) is 0 Å². The largest absolute Gasteiger partial charge is 0.465 e. The van der Waals surface area contributed by atoms with Crippen LogP contribution in [0.1, 0.15) is 34.2 Å². The molecule has 0 aliphatic heterocycles. The molecule has 0 radical (unpaired) electrons. The van der Waals surface area contributed by atoms with Crippen molar-refractivity contribution >= 4 is 39.4 Å². The highest BCUT2D eigenvalue weighted by Gasteiger charge is 2.17. The first-order valence-corrected chi connectivity index (χ1v) is 10.0. The van der Waals surface area contributed by atoms with Crippen molar-refractivity contribution in [3.8, 4) is 5.69 Å². The van der Waals surface area contributed by atoms with Crippen molar-refractivity contribution in [3.05, 3.63) is 51.3 Å². The van der Waals surface area contributed by atoms with Crippen LogP contribution >= 0.6 is 27.7 Å². The normalized spacial score (nSPS) is 10.8. The van der Waals surface area contributed by atoms with E-state index in [0.717, 1.165) is 27.1 Å². The molecule has 25 heavy (non-hydrogen) atoms. The van der Waals surface area contributed by atoms with Crippen molar-refractivity contribution in [1.82, 2.24) is 4.57 Å². The lowest BCUT2D eigenvalue weighted by molar-refractivity contribution is -0.139. The van der Waals surface area contributed by atoms with E-state index in [1.807, 2.05) is 39.0 Å². The van der Waals surface area contributed by atoms with Crippen molar-refractivity contribution < 1.29 is 14.3 Å². The zero-order valence-electron chi connectivity index (χ0n) is 14.9. The Morgan fingerprint density at radius 3 is 2.52 bits per heavy atom. The molecule has 4 nitrogen and oxygen atoms in total. The van der Waals surface area contributed by atoms with E-state index >= 15 is 0 Å². The van der Waals surface area contributed by atoms with E-state index in [-0.39, 0.29) is 23.3 Å². The summed E-state index contributed by atoms with van der Waals surface area (Å²) in [4.78, 5) is 23.9. The molecule has 0 atom stereocenters. The van der Waals surface area contributed by atoms with Gasteiger partial charge in [0.1, 0.15) is 0 Å². The second-order valence-electron chi connectivity index (χ2n) is 5.77. The van der Waals surface area contributed by atoms with Crippen LogP contribution < -0.4 is 0 Å². The molecular formula is C19H22BrNO3S. The summed E-state index contributed by atoms with van der Waals surface area (Å²) in [6.45, 7) is 8.12. The Labute approximate surface area is 161 Å². The molecule has 1 heterocycles. The van der Waals surface area contributed by atoms with E-state index in [1.165, 1.54) is 11.8 Å². The molecule has 0 unspecified atom stereocenters. The number of aromatic nitrogens is 1. The van der Waals surface area contributed by atoms with Crippen LogP contribution in [0.15, 0.2) is 28.7 Å². The van der Waals surface area contributed by atoms with Crippen LogP contribution in [-0.4, -0.2) is 34.4 Å². The topological polar surface area (TPSA) is 48.3 Å². The Kier molecular flexibility index (Phi) is 6.90. The van der Waals surface area contributed by atoms with Gasteiger partial charge in [-0.05, 0) is 57.5 Å². The molecule has 0 amide bonds. The SMILES string of the molecule is CCOC(=O)CSCC(=O)c1cc(C)n(-c2ccc(Br)c(C)c2)c1C.